The Morgan fingerprint density at radius 3 is 2.40 bits per heavy atom. The highest BCUT2D eigenvalue weighted by atomic mass is 79.9. The van der Waals surface area contributed by atoms with Crippen molar-refractivity contribution in [2.24, 2.45) is 11.1 Å². The zero-order chi connectivity index (χ0) is 13.7. The second-order valence-corrected chi connectivity index (χ2v) is 6.24. The van der Waals surface area contributed by atoms with E-state index in [4.69, 9.17) is 5.73 Å². The molecule has 1 amide bonds. The maximum atomic E-state index is 12.2. The number of halogens is 2. The molecular formula is C15H22BrClN2O. The smallest absolute Gasteiger partial charge is 0.227 e. The van der Waals surface area contributed by atoms with E-state index in [1.54, 1.807) is 0 Å². The summed E-state index contributed by atoms with van der Waals surface area (Å²) in [5.41, 5.74) is 6.74. The van der Waals surface area contributed by atoms with Gasteiger partial charge in [-0.05, 0) is 37.0 Å². The van der Waals surface area contributed by atoms with Gasteiger partial charge in [0, 0.05) is 17.6 Å². The lowest BCUT2D eigenvalue weighted by molar-refractivity contribution is -0.130. The van der Waals surface area contributed by atoms with Crippen LogP contribution in [0.25, 0.3) is 0 Å². The molecule has 0 aromatic heterocycles. The molecule has 1 aliphatic rings. The monoisotopic (exact) mass is 360 g/mol. The van der Waals surface area contributed by atoms with Crippen LogP contribution >= 0.6 is 28.3 Å². The molecule has 1 aromatic carbocycles. The molecule has 0 unspecified atom stereocenters. The molecule has 0 saturated heterocycles. The van der Waals surface area contributed by atoms with Crippen molar-refractivity contribution in [3.05, 3.63) is 34.3 Å². The predicted octanol–water partition coefficient (Wildman–Crippen LogP) is 3.05. The maximum absolute atomic E-state index is 12.2. The van der Waals surface area contributed by atoms with Crippen molar-refractivity contribution in [1.29, 1.82) is 0 Å². The Balaban J connectivity index is 0.00000200. The number of hydrogen-bond donors (Lipinski definition) is 2. The summed E-state index contributed by atoms with van der Waals surface area (Å²) >= 11 is 3.41. The minimum absolute atomic E-state index is 0. The molecule has 2 rings (SSSR count). The van der Waals surface area contributed by atoms with Crippen molar-refractivity contribution in [3.63, 3.8) is 0 Å². The van der Waals surface area contributed by atoms with E-state index in [0.717, 1.165) is 36.6 Å². The topological polar surface area (TPSA) is 55.1 Å². The maximum Gasteiger partial charge on any atom is 0.227 e. The van der Waals surface area contributed by atoms with Gasteiger partial charge in [-0.3, -0.25) is 4.79 Å². The quantitative estimate of drug-likeness (QED) is 0.847. The highest BCUT2D eigenvalue weighted by Crippen LogP contribution is 2.37. The minimum atomic E-state index is -0.292. The second-order valence-electron chi connectivity index (χ2n) is 5.32. The summed E-state index contributed by atoms with van der Waals surface area (Å²) in [5.74, 6) is 0.143. The van der Waals surface area contributed by atoms with Gasteiger partial charge in [-0.25, -0.2) is 0 Å². The normalized spacial score (nSPS) is 16.5. The zero-order valence-electron chi connectivity index (χ0n) is 11.5. The first-order chi connectivity index (χ1) is 9.16. The summed E-state index contributed by atoms with van der Waals surface area (Å²) in [5, 5.41) is 3.05. The number of carbonyl (C=O) groups is 1. The number of benzene rings is 1. The number of hydrogen-bond acceptors (Lipinski definition) is 2. The highest BCUT2D eigenvalue weighted by Gasteiger charge is 2.39. The third-order valence-electron chi connectivity index (χ3n) is 4.05. The average molecular weight is 362 g/mol. The van der Waals surface area contributed by atoms with Crippen LogP contribution in [0.5, 0.6) is 0 Å². The Hall–Kier alpha value is -0.580. The molecule has 3 N–H and O–H groups in total. The van der Waals surface area contributed by atoms with Crippen LogP contribution in [0, 0.1) is 5.41 Å². The third-order valence-corrected chi connectivity index (χ3v) is 4.57. The molecule has 112 valence electrons. The third kappa shape index (κ3) is 4.21. The van der Waals surface area contributed by atoms with E-state index in [9.17, 15) is 4.79 Å². The highest BCUT2D eigenvalue weighted by molar-refractivity contribution is 9.10. The van der Waals surface area contributed by atoms with Gasteiger partial charge in [0.05, 0.1) is 5.41 Å². The molecule has 3 nitrogen and oxygen atoms in total. The van der Waals surface area contributed by atoms with E-state index in [0.29, 0.717) is 13.1 Å². The number of amides is 1. The van der Waals surface area contributed by atoms with Crippen molar-refractivity contribution in [2.75, 3.05) is 13.1 Å². The van der Waals surface area contributed by atoms with E-state index in [-0.39, 0.29) is 23.7 Å². The van der Waals surface area contributed by atoms with Gasteiger partial charge in [0.15, 0.2) is 0 Å². The van der Waals surface area contributed by atoms with E-state index in [2.05, 4.69) is 33.4 Å². The fourth-order valence-electron chi connectivity index (χ4n) is 2.73. The lowest BCUT2D eigenvalue weighted by Crippen LogP contribution is -2.44. The molecule has 0 aliphatic heterocycles. The van der Waals surface area contributed by atoms with Crippen LogP contribution in [0.4, 0.5) is 0 Å². The molecular weight excluding hydrogens is 340 g/mol. The molecule has 0 bridgehead atoms. The molecule has 1 aromatic rings. The fraction of sp³-hybridized carbons (Fsp3) is 0.533. The van der Waals surface area contributed by atoms with Crippen molar-refractivity contribution < 1.29 is 4.79 Å². The van der Waals surface area contributed by atoms with Crippen molar-refractivity contribution in [1.82, 2.24) is 5.32 Å². The van der Waals surface area contributed by atoms with Gasteiger partial charge in [-0.2, -0.15) is 0 Å². The first kappa shape index (κ1) is 17.5. The number of nitrogens with two attached hydrogens (primary N) is 1. The molecule has 20 heavy (non-hydrogen) atoms. The first-order valence-electron chi connectivity index (χ1n) is 6.89. The summed E-state index contributed by atoms with van der Waals surface area (Å²) in [6, 6.07) is 8.19. The van der Waals surface area contributed by atoms with Crippen LogP contribution in [-0.4, -0.2) is 19.0 Å². The summed E-state index contributed by atoms with van der Waals surface area (Å²) in [6.07, 6.45) is 4.98. The zero-order valence-corrected chi connectivity index (χ0v) is 13.9. The second kappa shape index (κ2) is 8.01. The summed E-state index contributed by atoms with van der Waals surface area (Å²) in [7, 11) is 0. The van der Waals surface area contributed by atoms with Crippen molar-refractivity contribution >= 4 is 34.2 Å². The van der Waals surface area contributed by atoms with Gasteiger partial charge in [-0.15, -0.1) is 12.4 Å². The Bertz CT molecular complexity index is 430. The largest absolute Gasteiger partial charge is 0.355 e. The van der Waals surface area contributed by atoms with Crippen molar-refractivity contribution in [2.45, 2.75) is 32.1 Å². The number of nitrogens with one attached hydrogen (secondary N) is 1. The lowest BCUT2D eigenvalue weighted by Gasteiger charge is -2.25. The molecule has 0 radical (unpaired) electrons. The fourth-order valence-corrected chi connectivity index (χ4v) is 3.00. The Morgan fingerprint density at radius 1 is 1.25 bits per heavy atom. The molecule has 1 aliphatic carbocycles. The van der Waals surface area contributed by atoms with Gasteiger partial charge in [0.2, 0.25) is 5.91 Å². The molecule has 0 heterocycles. The van der Waals surface area contributed by atoms with Crippen LogP contribution in [0.15, 0.2) is 28.7 Å². The van der Waals surface area contributed by atoms with E-state index in [1.165, 1.54) is 5.56 Å². The predicted molar refractivity (Wildman–Crippen MR) is 88.1 cm³/mol. The van der Waals surface area contributed by atoms with Gasteiger partial charge in [-0.1, -0.05) is 40.9 Å². The van der Waals surface area contributed by atoms with E-state index >= 15 is 0 Å². The summed E-state index contributed by atoms with van der Waals surface area (Å²) in [4.78, 5) is 12.2. The van der Waals surface area contributed by atoms with Gasteiger partial charge in [0.1, 0.15) is 0 Å². The molecule has 0 spiro atoms. The van der Waals surface area contributed by atoms with Crippen molar-refractivity contribution in [3.8, 4) is 0 Å². The number of carbonyl (C=O) groups excluding carboxylic acids is 1. The number of rotatable bonds is 5. The Morgan fingerprint density at radius 2 is 1.85 bits per heavy atom. The molecule has 1 fully saturated rings. The first-order valence-corrected chi connectivity index (χ1v) is 7.68. The molecule has 5 heteroatoms. The van der Waals surface area contributed by atoms with Crippen LogP contribution in [-0.2, 0) is 11.2 Å². The lowest BCUT2D eigenvalue weighted by atomic mass is 9.85. The Labute approximate surface area is 135 Å². The van der Waals surface area contributed by atoms with Crippen LogP contribution in [0.2, 0.25) is 0 Å². The van der Waals surface area contributed by atoms with E-state index < -0.39 is 0 Å². The van der Waals surface area contributed by atoms with Gasteiger partial charge >= 0.3 is 0 Å². The van der Waals surface area contributed by atoms with Gasteiger partial charge < -0.3 is 11.1 Å². The Kier molecular flexibility index (Phi) is 7.00. The van der Waals surface area contributed by atoms with E-state index in [1.807, 2.05) is 12.1 Å². The van der Waals surface area contributed by atoms with Crippen LogP contribution in [0.3, 0.4) is 0 Å². The molecule has 0 atom stereocenters. The minimum Gasteiger partial charge on any atom is -0.355 e. The molecule has 1 saturated carbocycles. The average Bonchev–Trinajstić information content (AvgIpc) is 2.91. The summed E-state index contributed by atoms with van der Waals surface area (Å²) < 4.78 is 1.08. The van der Waals surface area contributed by atoms with Gasteiger partial charge in [0.25, 0.3) is 0 Å². The summed E-state index contributed by atoms with van der Waals surface area (Å²) in [6.45, 7) is 1.15. The SMILES string of the molecule is Cl.NCC1(C(=O)NCCc2ccc(Br)cc2)CCCC1. The standard InChI is InChI=1S/C15H21BrN2O.ClH/c16-13-5-3-12(4-6-13)7-10-18-14(19)15(11-17)8-1-2-9-15;/h3-6H,1-2,7-11,17H2,(H,18,19);1H. The van der Waals surface area contributed by atoms with Crippen LogP contribution in [0.1, 0.15) is 31.2 Å². The van der Waals surface area contributed by atoms with Crippen LogP contribution < -0.4 is 11.1 Å².